The fourth-order valence-corrected chi connectivity index (χ4v) is 4.42. The van der Waals surface area contributed by atoms with E-state index < -0.39 is 0 Å². The van der Waals surface area contributed by atoms with E-state index in [1.54, 1.807) is 0 Å². The van der Waals surface area contributed by atoms with Crippen molar-refractivity contribution in [3.63, 3.8) is 0 Å². The van der Waals surface area contributed by atoms with Crippen molar-refractivity contribution in [2.45, 2.75) is 84.2 Å². The van der Waals surface area contributed by atoms with Crippen molar-refractivity contribution < 1.29 is 4.79 Å². The maximum absolute atomic E-state index is 12.8. The molecule has 1 aromatic heterocycles. The molecule has 0 aliphatic carbocycles. The number of thiol groups is 1. The molecule has 0 radical (unpaired) electrons. The molecule has 1 heterocycles. The Hall–Kier alpha value is -2.12. The molecule has 7 heteroatoms. The standard InChI is InChI=1S/C27H43N5OS/c1-5-8-9-10-14-19-31(21-23-16-12-11-13-17-23)20-15-18-24(33)30-25-26(32(6-2)7-3)28-22(4)29-27(25)34/h11-13,16-17H,5-10,14-15,18-21H2,1-4H3,(H,30,33)(H,28,29,34). The Kier molecular flexibility index (Phi) is 13.0. The van der Waals surface area contributed by atoms with Gasteiger partial charge in [-0.3, -0.25) is 9.69 Å². The van der Waals surface area contributed by atoms with Crippen molar-refractivity contribution in [1.82, 2.24) is 14.9 Å². The second-order valence-corrected chi connectivity index (χ2v) is 9.22. The molecule has 0 aliphatic heterocycles. The monoisotopic (exact) mass is 485 g/mol. The summed E-state index contributed by atoms with van der Waals surface area (Å²) in [6, 6.07) is 10.6. The number of nitrogens with zero attached hydrogens (tertiary/aromatic N) is 4. The molecule has 0 aliphatic rings. The van der Waals surface area contributed by atoms with Crippen molar-refractivity contribution in [3.8, 4) is 0 Å². The van der Waals surface area contributed by atoms with Gasteiger partial charge in [-0.15, -0.1) is 12.6 Å². The summed E-state index contributed by atoms with van der Waals surface area (Å²) in [5.41, 5.74) is 1.93. The molecule has 188 valence electrons. The van der Waals surface area contributed by atoms with E-state index in [4.69, 9.17) is 0 Å². The Bertz CT molecular complexity index is 858. The summed E-state index contributed by atoms with van der Waals surface area (Å²) in [6.07, 6.45) is 7.62. The number of amides is 1. The van der Waals surface area contributed by atoms with Crippen molar-refractivity contribution in [2.75, 3.05) is 36.4 Å². The zero-order chi connectivity index (χ0) is 24.8. The summed E-state index contributed by atoms with van der Waals surface area (Å²) < 4.78 is 0. The molecule has 1 N–H and O–H groups in total. The first-order valence-electron chi connectivity index (χ1n) is 12.9. The van der Waals surface area contributed by atoms with Gasteiger partial charge in [0.05, 0.1) is 0 Å². The van der Waals surface area contributed by atoms with Crippen LogP contribution in [0, 0.1) is 6.92 Å². The summed E-state index contributed by atoms with van der Waals surface area (Å²) in [6.45, 7) is 12.7. The van der Waals surface area contributed by atoms with Crippen LogP contribution >= 0.6 is 12.6 Å². The minimum absolute atomic E-state index is 0.0150. The zero-order valence-corrected chi connectivity index (χ0v) is 22.4. The predicted molar refractivity (Wildman–Crippen MR) is 146 cm³/mol. The minimum Gasteiger partial charge on any atom is -0.355 e. The van der Waals surface area contributed by atoms with Gasteiger partial charge in [0, 0.05) is 26.1 Å². The third kappa shape index (κ3) is 9.63. The van der Waals surface area contributed by atoms with E-state index in [0.717, 1.165) is 45.0 Å². The lowest BCUT2D eigenvalue weighted by atomic mass is 10.1. The maximum Gasteiger partial charge on any atom is 0.224 e. The highest BCUT2D eigenvalue weighted by Crippen LogP contribution is 2.29. The number of hydrogen-bond acceptors (Lipinski definition) is 6. The number of aromatic nitrogens is 2. The van der Waals surface area contributed by atoms with E-state index in [1.165, 1.54) is 37.7 Å². The summed E-state index contributed by atoms with van der Waals surface area (Å²) in [4.78, 5) is 26.4. The second kappa shape index (κ2) is 15.7. The highest BCUT2D eigenvalue weighted by Gasteiger charge is 2.18. The van der Waals surface area contributed by atoms with E-state index in [9.17, 15) is 4.79 Å². The highest BCUT2D eigenvalue weighted by atomic mass is 32.1. The van der Waals surface area contributed by atoms with Crippen LogP contribution in [0.25, 0.3) is 0 Å². The third-order valence-electron chi connectivity index (χ3n) is 6.02. The highest BCUT2D eigenvalue weighted by molar-refractivity contribution is 7.80. The lowest BCUT2D eigenvalue weighted by molar-refractivity contribution is -0.116. The Morgan fingerprint density at radius 3 is 2.29 bits per heavy atom. The van der Waals surface area contributed by atoms with E-state index in [1.807, 2.05) is 6.92 Å². The van der Waals surface area contributed by atoms with Gasteiger partial charge in [0.1, 0.15) is 16.5 Å². The number of carbonyl (C=O) groups is 1. The number of nitrogens with one attached hydrogen (secondary N) is 1. The van der Waals surface area contributed by atoms with Crippen LogP contribution in [0.3, 0.4) is 0 Å². The zero-order valence-electron chi connectivity index (χ0n) is 21.5. The van der Waals surface area contributed by atoms with Gasteiger partial charge >= 0.3 is 0 Å². The lowest BCUT2D eigenvalue weighted by Crippen LogP contribution is -2.28. The van der Waals surface area contributed by atoms with Gasteiger partial charge in [-0.25, -0.2) is 9.97 Å². The summed E-state index contributed by atoms with van der Waals surface area (Å²) in [5, 5.41) is 3.56. The van der Waals surface area contributed by atoms with Gasteiger partial charge in [-0.05, 0) is 52.3 Å². The molecule has 1 aromatic carbocycles. The summed E-state index contributed by atoms with van der Waals surface area (Å²) in [5.74, 6) is 1.38. The maximum atomic E-state index is 12.8. The molecule has 0 bridgehead atoms. The fraction of sp³-hybridized carbons (Fsp3) is 0.593. The van der Waals surface area contributed by atoms with Crippen molar-refractivity contribution in [2.24, 2.45) is 0 Å². The van der Waals surface area contributed by atoms with Gasteiger partial charge in [-0.1, -0.05) is 62.9 Å². The first-order valence-corrected chi connectivity index (χ1v) is 13.3. The van der Waals surface area contributed by atoms with Crippen LogP contribution in [0.1, 0.15) is 77.1 Å². The predicted octanol–water partition coefficient (Wildman–Crippen LogP) is 6.11. The normalized spacial score (nSPS) is 11.1. The smallest absolute Gasteiger partial charge is 0.224 e. The molecule has 0 fully saturated rings. The van der Waals surface area contributed by atoms with Crippen molar-refractivity contribution in [3.05, 3.63) is 41.7 Å². The molecular weight excluding hydrogens is 442 g/mol. The molecule has 0 atom stereocenters. The van der Waals surface area contributed by atoms with Gasteiger partial charge in [0.25, 0.3) is 0 Å². The molecule has 0 spiro atoms. The van der Waals surface area contributed by atoms with Crippen LogP contribution in [0.15, 0.2) is 35.4 Å². The molecule has 6 nitrogen and oxygen atoms in total. The van der Waals surface area contributed by atoms with Gasteiger partial charge in [0.2, 0.25) is 5.91 Å². The number of unbranched alkanes of at least 4 members (excludes halogenated alkanes) is 4. The molecule has 0 saturated heterocycles. The van der Waals surface area contributed by atoms with Crippen LogP contribution < -0.4 is 10.2 Å². The van der Waals surface area contributed by atoms with Crippen LogP contribution in [-0.4, -0.2) is 47.0 Å². The molecule has 1 amide bonds. The minimum atomic E-state index is -0.0150. The fourth-order valence-electron chi connectivity index (χ4n) is 4.12. The number of rotatable bonds is 16. The average Bonchev–Trinajstić information content (AvgIpc) is 2.82. The van der Waals surface area contributed by atoms with Crippen molar-refractivity contribution in [1.29, 1.82) is 0 Å². The van der Waals surface area contributed by atoms with Crippen LogP contribution in [-0.2, 0) is 11.3 Å². The SMILES string of the molecule is CCCCCCCN(CCCC(=O)Nc1c(S)nc(C)nc1N(CC)CC)Cc1ccccc1. The van der Waals surface area contributed by atoms with Gasteiger partial charge in [0.15, 0.2) is 5.82 Å². The summed E-state index contributed by atoms with van der Waals surface area (Å²) >= 11 is 4.53. The lowest BCUT2D eigenvalue weighted by Gasteiger charge is -2.24. The van der Waals surface area contributed by atoms with E-state index in [2.05, 4.69) is 88.8 Å². The molecule has 2 rings (SSSR count). The number of benzene rings is 1. The average molecular weight is 486 g/mol. The number of carbonyl (C=O) groups excluding carboxylic acids is 1. The van der Waals surface area contributed by atoms with Crippen LogP contribution in [0.2, 0.25) is 0 Å². The van der Waals surface area contributed by atoms with E-state index >= 15 is 0 Å². The Morgan fingerprint density at radius 1 is 0.941 bits per heavy atom. The molecular formula is C27H43N5OS. The first-order chi connectivity index (χ1) is 16.5. The third-order valence-corrected chi connectivity index (χ3v) is 6.34. The second-order valence-electron chi connectivity index (χ2n) is 8.79. The number of hydrogen-bond donors (Lipinski definition) is 2. The van der Waals surface area contributed by atoms with Crippen LogP contribution in [0.4, 0.5) is 11.5 Å². The largest absolute Gasteiger partial charge is 0.355 e. The van der Waals surface area contributed by atoms with Gasteiger partial charge < -0.3 is 10.2 Å². The van der Waals surface area contributed by atoms with E-state index in [-0.39, 0.29) is 5.91 Å². The number of anilines is 2. The van der Waals surface area contributed by atoms with Gasteiger partial charge in [-0.2, -0.15) is 0 Å². The molecule has 0 unspecified atom stereocenters. The van der Waals surface area contributed by atoms with Crippen molar-refractivity contribution >= 4 is 30.0 Å². The van der Waals surface area contributed by atoms with E-state index in [0.29, 0.717) is 23.0 Å². The Morgan fingerprint density at radius 2 is 1.62 bits per heavy atom. The quantitative estimate of drug-likeness (QED) is 0.171. The molecule has 0 saturated carbocycles. The number of aryl methyl sites for hydroxylation is 1. The Balaban J connectivity index is 1.94. The molecule has 34 heavy (non-hydrogen) atoms. The van der Waals surface area contributed by atoms with Crippen LogP contribution in [0.5, 0.6) is 0 Å². The Labute approximate surface area is 212 Å². The molecule has 2 aromatic rings. The summed E-state index contributed by atoms with van der Waals surface area (Å²) in [7, 11) is 0. The first kappa shape index (κ1) is 28.1. The topological polar surface area (TPSA) is 61.4 Å².